The zero-order valence-electron chi connectivity index (χ0n) is 19.9. The van der Waals surface area contributed by atoms with E-state index in [1.807, 2.05) is 25.2 Å². The van der Waals surface area contributed by atoms with Gasteiger partial charge in [0.1, 0.15) is 6.33 Å². The maximum Gasteiger partial charge on any atom is 0.262 e. The molecule has 1 saturated heterocycles. The Balaban J connectivity index is 1.35. The van der Waals surface area contributed by atoms with Crippen LogP contribution in [0.1, 0.15) is 17.5 Å². The van der Waals surface area contributed by atoms with E-state index >= 15 is 0 Å². The van der Waals surface area contributed by atoms with E-state index in [-0.39, 0.29) is 5.75 Å². The number of hydrogen-bond donors (Lipinski definition) is 1. The van der Waals surface area contributed by atoms with Gasteiger partial charge in [-0.1, -0.05) is 6.07 Å². The summed E-state index contributed by atoms with van der Waals surface area (Å²) < 4.78 is 35.9. The highest BCUT2D eigenvalue weighted by molar-refractivity contribution is 7.88. The van der Waals surface area contributed by atoms with E-state index in [2.05, 4.69) is 30.5 Å². The predicted molar refractivity (Wildman–Crippen MR) is 132 cm³/mol. The normalized spacial score (nSPS) is 15.1. The minimum absolute atomic E-state index is 0.148. The van der Waals surface area contributed by atoms with Crippen LogP contribution in [0.15, 0.2) is 30.7 Å². The number of ether oxygens (including phenoxy) is 2. The average Bonchev–Trinajstić information content (AvgIpc) is 3.12. The molecule has 0 unspecified atom stereocenters. The molecule has 184 valence electrons. The van der Waals surface area contributed by atoms with Crippen LogP contribution in [0.5, 0.6) is 11.6 Å². The minimum Gasteiger partial charge on any atom is -0.489 e. The number of benzene rings is 1. The highest BCUT2D eigenvalue weighted by Gasteiger charge is 2.23. The van der Waals surface area contributed by atoms with Crippen LogP contribution in [0.3, 0.4) is 0 Å². The Bertz CT molecular complexity index is 1250. The van der Waals surface area contributed by atoms with E-state index in [0.29, 0.717) is 11.6 Å². The largest absolute Gasteiger partial charge is 0.489 e. The van der Waals surface area contributed by atoms with Crippen molar-refractivity contribution in [1.82, 2.24) is 19.4 Å². The first-order valence-corrected chi connectivity index (χ1v) is 13.0. The van der Waals surface area contributed by atoms with Crippen molar-refractivity contribution >= 4 is 26.7 Å². The van der Waals surface area contributed by atoms with Gasteiger partial charge >= 0.3 is 0 Å². The maximum atomic E-state index is 11.5. The third-order valence-corrected chi connectivity index (χ3v) is 6.98. The van der Waals surface area contributed by atoms with E-state index in [1.54, 1.807) is 14.2 Å². The summed E-state index contributed by atoms with van der Waals surface area (Å²) >= 11 is 0. The van der Waals surface area contributed by atoms with E-state index in [0.717, 1.165) is 67.8 Å². The molecule has 0 amide bonds. The molecule has 1 fully saturated rings. The van der Waals surface area contributed by atoms with Gasteiger partial charge in [-0.15, -0.1) is 0 Å². The van der Waals surface area contributed by atoms with Crippen molar-refractivity contribution in [3.8, 4) is 11.6 Å². The van der Waals surface area contributed by atoms with Gasteiger partial charge < -0.3 is 18.9 Å². The average molecular weight is 489 g/mol. The number of piperazine rings is 1. The van der Waals surface area contributed by atoms with Gasteiger partial charge in [-0.05, 0) is 42.6 Å². The Morgan fingerprint density at radius 1 is 1.09 bits per heavy atom. The number of anilines is 1. The fourth-order valence-electron chi connectivity index (χ4n) is 4.62. The fraction of sp³-hybridized carbons (Fsp3) is 0.478. The number of rotatable bonds is 9. The van der Waals surface area contributed by atoms with Gasteiger partial charge in [0, 0.05) is 50.3 Å². The van der Waals surface area contributed by atoms with Crippen LogP contribution in [0, 0.1) is 0 Å². The second kappa shape index (κ2) is 10.2. The molecule has 1 aliphatic heterocycles. The van der Waals surface area contributed by atoms with Gasteiger partial charge in [0.15, 0.2) is 5.82 Å². The third-order valence-electron chi connectivity index (χ3n) is 6.25. The number of primary sulfonamides is 1. The van der Waals surface area contributed by atoms with Gasteiger partial charge in [0.05, 0.1) is 20.0 Å². The van der Waals surface area contributed by atoms with E-state index in [9.17, 15) is 8.42 Å². The number of sulfonamides is 1. The molecule has 2 N–H and O–H groups in total. The van der Waals surface area contributed by atoms with Crippen LogP contribution in [-0.4, -0.2) is 74.8 Å². The first-order valence-electron chi connectivity index (χ1n) is 11.3. The molecule has 3 heterocycles. The number of hydrogen-bond acceptors (Lipinski definition) is 8. The molecular formula is C23H32N6O4S. The monoisotopic (exact) mass is 488 g/mol. The SMILES string of the molecule is COc1ncnc(N2CCN(CCCc3cn(C)c4ccc(CS(N)(=O)=O)cc34)CC2)c1OC. The third kappa shape index (κ3) is 5.43. The predicted octanol–water partition coefficient (Wildman–Crippen LogP) is 1.53. The number of nitrogens with two attached hydrogens (primary N) is 1. The molecule has 4 rings (SSSR count). The molecule has 1 aromatic carbocycles. The number of methoxy groups -OCH3 is 2. The lowest BCUT2D eigenvalue weighted by Gasteiger charge is -2.35. The molecule has 11 heteroatoms. The van der Waals surface area contributed by atoms with Crippen LogP contribution in [0.2, 0.25) is 0 Å². The molecular weight excluding hydrogens is 456 g/mol. The summed E-state index contributed by atoms with van der Waals surface area (Å²) in [6, 6.07) is 5.75. The van der Waals surface area contributed by atoms with Crippen molar-refractivity contribution in [2.75, 3.05) is 51.8 Å². The number of aryl methyl sites for hydroxylation is 2. The van der Waals surface area contributed by atoms with E-state index in [1.165, 1.54) is 11.9 Å². The van der Waals surface area contributed by atoms with Crippen molar-refractivity contribution in [2.24, 2.45) is 12.2 Å². The minimum atomic E-state index is -3.56. The van der Waals surface area contributed by atoms with E-state index < -0.39 is 10.0 Å². The Morgan fingerprint density at radius 3 is 2.53 bits per heavy atom. The second-order valence-electron chi connectivity index (χ2n) is 8.60. The molecule has 0 spiro atoms. The highest BCUT2D eigenvalue weighted by atomic mass is 32.2. The molecule has 2 aromatic heterocycles. The first-order chi connectivity index (χ1) is 16.3. The summed E-state index contributed by atoms with van der Waals surface area (Å²) in [5.41, 5.74) is 3.04. The number of aromatic nitrogens is 3. The molecule has 3 aromatic rings. The van der Waals surface area contributed by atoms with Crippen LogP contribution in [-0.2, 0) is 29.2 Å². The zero-order chi connectivity index (χ0) is 24.3. The van der Waals surface area contributed by atoms with Crippen molar-refractivity contribution in [3.05, 3.63) is 41.9 Å². The Labute approximate surface area is 200 Å². The van der Waals surface area contributed by atoms with Crippen LogP contribution in [0.25, 0.3) is 10.9 Å². The van der Waals surface area contributed by atoms with Gasteiger partial charge in [-0.2, -0.15) is 4.98 Å². The van der Waals surface area contributed by atoms with Crippen LogP contribution < -0.4 is 19.5 Å². The summed E-state index contributed by atoms with van der Waals surface area (Å²) in [5, 5.41) is 6.33. The Kier molecular flexibility index (Phi) is 7.24. The first kappa shape index (κ1) is 24.2. The van der Waals surface area contributed by atoms with E-state index in [4.69, 9.17) is 14.6 Å². The van der Waals surface area contributed by atoms with Crippen LogP contribution in [0.4, 0.5) is 5.82 Å². The van der Waals surface area contributed by atoms with Gasteiger partial charge in [0.25, 0.3) is 5.88 Å². The molecule has 0 saturated carbocycles. The molecule has 0 bridgehead atoms. The summed E-state index contributed by atoms with van der Waals surface area (Å²) in [5.74, 6) is 1.62. The second-order valence-corrected chi connectivity index (χ2v) is 10.2. The molecule has 1 aliphatic rings. The topological polar surface area (TPSA) is 116 Å². The van der Waals surface area contributed by atoms with Gasteiger partial charge in [0.2, 0.25) is 15.8 Å². The zero-order valence-corrected chi connectivity index (χ0v) is 20.7. The summed E-state index contributed by atoms with van der Waals surface area (Å²) in [4.78, 5) is 13.2. The quantitative estimate of drug-likeness (QED) is 0.482. The van der Waals surface area contributed by atoms with Crippen molar-refractivity contribution in [2.45, 2.75) is 18.6 Å². The van der Waals surface area contributed by atoms with Crippen molar-refractivity contribution in [3.63, 3.8) is 0 Å². The molecule has 34 heavy (non-hydrogen) atoms. The lowest BCUT2D eigenvalue weighted by atomic mass is 10.1. The Hall–Kier alpha value is -2.89. The fourth-order valence-corrected chi connectivity index (χ4v) is 5.26. The molecule has 0 radical (unpaired) electrons. The summed E-state index contributed by atoms with van der Waals surface area (Å²) in [6.45, 7) is 4.56. The van der Waals surface area contributed by atoms with Crippen molar-refractivity contribution in [1.29, 1.82) is 0 Å². The van der Waals surface area contributed by atoms with Gasteiger partial charge in [-0.25, -0.2) is 18.5 Å². The lowest BCUT2D eigenvalue weighted by molar-refractivity contribution is 0.253. The van der Waals surface area contributed by atoms with Gasteiger partial charge in [-0.3, -0.25) is 4.90 Å². The standard InChI is InChI=1S/C23H32N6O4S/c1-27-14-18(19-13-17(6-7-20(19)27)15-34(24,30)31)5-4-8-28-9-11-29(12-10-28)22-21(32-2)23(33-3)26-16-25-22/h6-7,13-14,16H,4-5,8-12,15H2,1-3H3,(H2,24,30,31). The lowest BCUT2D eigenvalue weighted by Crippen LogP contribution is -2.47. The summed E-state index contributed by atoms with van der Waals surface area (Å²) in [6.07, 6.45) is 5.58. The maximum absolute atomic E-state index is 11.5. The smallest absolute Gasteiger partial charge is 0.262 e. The van der Waals surface area contributed by atoms with Crippen LogP contribution >= 0.6 is 0 Å². The summed E-state index contributed by atoms with van der Waals surface area (Å²) in [7, 11) is 1.63. The Morgan fingerprint density at radius 2 is 1.85 bits per heavy atom. The molecule has 10 nitrogen and oxygen atoms in total. The number of nitrogens with zero attached hydrogens (tertiary/aromatic N) is 5. The number of fused-ring (bicyclic) bond motifs is 1. The van der Waals surface area contributed by atoms with Crippen molar-refractivity contribution < 1.29 is 17.9 Å². The molecule has 0 aliphatic carbocycles. The molecule has 0 atom stereocenters. The highest BCUT2D eigenvalue weighted by Crippen LogP contribution is 2.33.